The largest absolute Gasteiger partial charge is 0.493 e. The Morgan fingerprint density at radius 1 is 1.11 bits per heavy atom. The number of methoxy groups -OCH3 is 2. The number of hydrogen-bond acceptors (Lipinski definition) is 4. The Kier molecular flexibility index (Phi) is 5.37. The third kappa shape index (κ3) is 3.90. The Morgan fingerprint density at radius 2 is 1.81 bits per heavy atom. The first-order chi connectivity index (χ1) is 12.9. The number of rotatable bonds is 5. The summed E-state index contributed by atoms with van der Waals surface area (Å²) in [6, 6.07) is 10.5. The van der Waals surface area contributed by atoms with E-state index >= 15 is 0 Å². The van der Waals surface area contributed by atoms with Gasteiger partial charge in [-0.15, -0.1) is 0 Å². The third-order valence-corrected chi connectivity index (χ3v) is 4.47. The zero-order chi connectivity index (χ0) is 19.6. The molecular weight excluding hydrogens is 368 g/mol. The van der Waals surface area contributed by atoms with Crippen molar-refractivity contribution >= 4 is 29.6 Å². The number of carbonyl (C=O) groups is 2. The maximum absolute atomic E-state index is 12.6. The van der Waals surface area contributed by atoms with Gasteiger partial charge in [0.25, 0.3) is 5.91 Å². The Bertz CT molecular complexity index is 922. The minimum atomic E-state index is -0.460. The summed E-state index contributed by atoms with van der Waals surface area (Å²) in [7, 11) is 2.99. The highest BCUT2D eigenvalue weighted by Gasteiger charge is 2.33. The highest BCUT2D eigenvalue weighted by molar-refractivity contribution is 6.32. The lowest BCUT2D eigenvalue weighted by molar-refractivity contribution is -0.123. The van der Waals surface area contributed by atoms with Gasteiger partial charge in [-0.2, -0.15) is 0 Å². The van der Waals surface area contributed by atoms with E-state index in [9.17, 15) is 9.59 Å². The van der Waals surface area contributed by atoms with E-state index in [1.807, 2.05) is 31.2 Å². The highest BCUT2D eigenvalue weighted by Crippen LogP contribution is 2.36. The fourth-order valence-corrected chi connectivity index (χ4v) is 3.08. The molecule has 1 N–H and O–H groups in total. The average Bonchev–Trinajstić information content (AvgIpc) is 2.90. The van der Waals surface area contributed by atoms with Crippen molar-refractivity contribution in [2.45, 2.75) is 13.5 Å². The molecule has 140 valence electrons. The lowest BCUT2D eigenvalue weighted by Gasteiger charge is -2.12. The van der Waals surface area contributed by atoms with Gasteiger partial charge in [0.15, 0.2) is 11.5 Å². The summed E-state index contributed by atoms with van der Waals surface area (Å²) in [5.41, 5.74) is 2.77. The smallest absolute Gasteiger partial charge is 0.329 e. The minimum Gasteiger partial charge on any atom is -0.493 e. The number of aryl methyl sites for hydroxylation is 1. The van der Waals surface area contributed by atoms with Crippen LogP contribution < -0.4 is 14.8 Å². The molecule has 2 aromatic rings. The maximum atomic E-state index is 12.6. The molecule has 0 unspecified atom stereocenters. The van der Waals surface area contributed by atoms with E-state index in [0.717, 1.165) is 11.1 Å². The molecule has 3 amide bonds. The number of benzene rings is 2. The molecule has 2 aromatic carbocycles. The fourth-order valence-electron chi connectivity index (χ4n) is 2.78. The van der Waals surface area contributed by atoms with Crippen LogP contribution in [0.15, 0.2) is 42.1 Å². The summed E-state index contributed by atoms with van der Waals surface area (Å²) in [6.45, 7) is 2.18. The number of hydrogen-bond donors (Lipinski definition) is 1. The molecule has 0 spiro atoms. The lowest BCUT2D eigenvalue weighted by Crippen LogP contribution is -2.30. The molecule has 1 saturated heterocycles. The van der Waals surface area contributed by atoms with Crippen LogP contribution in [0.4, 0.5) is 4.79 Å². The van der Waals surface area contributed by atoms with Crippen molar-refractivity contribution in [2.24, 2.45) is 0 Å². The van der Waals surface area contributed by atoms with E-state index in [4.69, 9.17) is 21.1 Å². The van der Waals surface area contributed by atoms with Gasteiger partial charge in [0, 0.05) is 0 Å². The van der Waals surface area contributed by atoms with Crippen molar-refractivity contribution < 1.29 is 19.1 Å². The zero-order valence-corrected chi connectivity index (χ0v) is 16.0. The van der Waals surface area contributed by atoms with Gasteiger partial charge in [-0.25, -0.2) is 4.79 Å². The average molecular weight is 387 g/mol. The number of ether oxygens (including phenoxy) is 2. The summed E-state index contributed by atoms with van der Waals surface area (Å²) < 4.78 is 10.5. The van der Waals surface area contributed by atoms with E-state index in [0.29, 0.717) is 22.1 Å². The summed E-state index contributed by atoms with van der Waals surface area (Å²) in [6.07, 6.45) is 1.56. The van der Waals surface area contributed by atoms with Crippen molar-refractivity contribution in [1.82, 2.24) is 10.2 Å². The van der Waals surface area contributed by atoms with E-state index in [1.54, 1.807) is 18.2 Å². The van der Waals surface area contributed by atoms with Crippen LogP contribution >= 0.6 is 11.6 Å². The summed E-state index contributed by atoms with van der Waals surface area (Å²) >= 11 is 6.20. The third-order valence-electron chi connectivity index (χ3n) is 4.19. The predicted octanol–water partition coefficient (Wildman–Crippen LogP) is 3.76. The SMILES string of the molecule is COc1cc(/C=C2/NC(=O)N(Cc3ccc(C)cc3)C2=O)cc(Cl)c1OC. The molecule has 0 saturated carbocycles. The van der Waals surface area contributed by atoms with Crippen LogP contribution in [-0.2, 0) is 11.3 Å². The first-order valence-electron chi connectivity index (χ1n) is 8.24. The number of halogens is 1. The molecule has 0 aliphatic carbocycles. The Hall–Kier alpha value is -2.99. The van der Waals surface area contributed by atoms with Crippen molar-refractivity contribution in [2.75, 3.05) is 14.2 Å². The second kappa shape index (κ2) is 7.72. The molecule has 27 heavy (non-hydrogen) atoms. The van der Waals surface area contributed by atoms with Crippen molar-refractivity contribution in [3.63, 3.8) is 0 Å². The van der Waals surface area contributed by atoms with Crippen LogP contribution in [0.5, 0.6) is 11.5 Å². The first kappa shape index (κ1) is 18.8. The van der Waals surface area contributed by atoms with Crippen molar-refractivity contribution in [1.29, 1.82) is 0 Å². The first-order valence-corrected chi connectivity index (χ1v) is 8.62. The van der Waals surface area contributed by atoms with Gasteiger partial charge in [-0.05, 0) is 36.3 Å². The molecule has 0 radical (unpaired) electrons. The Balaban J connectivity index is 1.86. The van der Waals surface area contributed by atoms with Gasteiger partial charge in [0.2, 0.25) is 0 Å². The second-order valence-corrected chi connectivity index (χ2v) is 6.51. The molecule has 1 heterocycles. The van der Waals surface area contributed by atoms with Gasteiger partial charge < -0.3 is 14.8 Å². The topological polar surface area (TPSA) is 67.9 Å². The number of urea groups is 1. The second-order valence-electron chi connectivity index (χ2n) is 6.10. The zero-order valence-electron chi connectivity index (χ0n) is 15.2. The number of imide groups is 1. The molecule has 0 bridgehead atoms. The van der Waals surface area contributed by atoms with Gasteiger partial charge in [0.1, 0.15) is 5.70 Å². The Morgan fingerprint density at radius 3 is 2.44 bits per heavy atom. The van der Waals surface area contributed by atoms with Crippen molar-refractivity contribution in [3.05, 3.63) is 63.8 Å². The van der Waals surface area contributed by atoms with E-state index in [-0.39, 0.29) is 12.2 Å². The molecular formula is C20H19ClN2O4. The lowest BCUT2D eigenvalue weighted by atomic mass is 10.1. The predicted molar refractivity (Wildman–Crippen MR) is 103 cm³/mol. The molecule has 6 nitrogen and oxygen atoms in total. The molecule has 1 aliphatic heterocycles. The summed E-state index contributed by atoms with van der Waals surface area (Å²) in [5.74, 6) is 0.445. The van der Waals surface area contributed by atoms with Gasteiger partial charge in [0.05, 0.1) is 25.8 Å². The molecule has 1 aliphatic rings. The molecule has 0 atom stereocenters. The number of nitrogens with one attached hydrogen (secondary N) is 1. The van der Waals surface area contributed by atoms with Crippen molar-refractivity contribution in [3.8, 4) is 11.5 Å². The van der Waals surface area contributed by atoms with Crippen LogP contribution in [-0.4, -0.2) is 31.1 Å². The van der Waals surface area contributed by atoms with E-state index in [2.05, 4.69) is 5.32 Å². The van der Waals surface area contributed by atoms with Crippen LogP contribution in [0.3, 0.4) is 0 Å². The normalized spacial score (nSPS) is 15.3. The van der Waals surface area contributed by atoms with Crippen LogP contribution in [0.25, 0.3) is 6.08 Å². The quantitative estimate of drug-likeness (QED) is 0.627. The van der Waals surface area contributed by atoms with Gasteiger partial charge >= 0.3 is 6.03 Å². The highest BCUT2D eigenvalue weighted by atomic mass is 35.5. The van der Waals surface area contributed by atoms with Crippen LogP contribution in [0, 0.1) is 6.92 Å². The van der Waals surface area contributed by atoms with E-state index < -0.39 is 11.9 Å². The summed E-state index contributed by atoms with van der Waals surface area (Å²) in [5, 5.41) is 2.95. The van der Waals surface area contributed by atoms with Crippen LogP contribution in [0.2, 0.25) is 5.02 Å². The number of nitrogens with zero attached hydrogens (tertiary/aromatic N) is 1. The Labute approximate surface area is 162 Å². The number of carbonyl (C=O) groups excluding carboxylic acids is 2. The summed E-state index contributed by atoms with van der Waals surface area (Å²) in [4.78, 5) is 26.0. The van der Waals surface area contributed by atoms with Gasteiger partial charge in [-0.1, -0.05) is 41.4 Å². The molecule has 1 fully saturated rings. The molecule has 7 heteroatoms. The standard InChI is InChI=1S/C20H19ClN2O4/c1-12-4-6-13(7-5-12)11-23-19(24)16(22-20(23)25)9-14-8-15(21)18(27-3)17(10-14)26-2/h4-10H,11H2,1-3H3,(H,22,25)/b16-9+. The maximum Gasteiger partial charge on any atom is 0.329 e. The molecule has 3 rings (SSSR count). The minimum absolute atomic E-state index is 0.176. The fraction of sp³-hybridized carbons (Fsp3) is 0.200. The molecule has 0 aromatic heterocycles. The van der Waals surface area contributed by atoms with Crippen LogP contribution in [0.1, 0.15) is 16.7 Å². The number of amides is 3. The monoisotopic (exact) mass is 386 g/mol. The van der Waals surface area contributed by atoms with Gasteiger partial charge in [-0.3, -0.25) is 9.69 Å². The van der Waals surface area contributed by atoms with E-state index in [1.165, 1.54) is 19.1 Å².